The summed E-state index contributed by atoms with van der Waals surface area (Å²) in [6.45, 7) is 4.22. The number of benzene rings is 1. The third-order valence-corrected chi connectivity index (χ3v) is 3.67. The van der Waals surface area contributed by atoms with Crippen molar-refractivity contribution in [1.82, 2.24) is 0 Å². The number of carbonyl (C=O) groups excluding carboxylic acids is 3. The van der Waals surface area contributed by atoms with E-state index in [-0.39, 0.29) is 46.1 Å². The third-order valence-electron chi connectivity index (χ3n) is 2.79. The standard InChI is InChI=1S/C16H16Cl2O5/c1-4-22-14(21)8-23-13-6-5-11(15(17)16(13)18)7-12(9(2)19)10(3)20/h5-7H,4,8H2,1-3H3. The fourth-order valence-electron chi connectivity index (χ4n) is 1.72. The minimum atomic E-state index is -0.529. The number of allylic oxidation sites excluding steroid dienone is 1. The van der Waals surface area contributed by atoms with Gasteiger partial charge in [0.05, 0.1) is 17.2 Å². The lowest BCUT2D eigenvalue weighted by molar-refractivity contribution is -0.145. The highest BCUT2D eigenvalue weighted by atomic mass is 35.5. The maximum Gasteiger partial charge on any atom is 0.344 e. The first-order valence-corrected chi connectivity index (χ1v) is 7.53. The average molecular weight is 359 g/mol. The molecular weight excluding hydrogens is 343 g/mol. The van der Waals surface area contributed by atoms with Crippen LogP contribution in [0.2, 0.25) is 10.0 Å². The molecule has 0 spiro atoms. The van der Waals surface area contributed by atoms with E-state index in [2.05, 4.69) is 0 Å². The van der Waals surface area contributed by atoms with E-state index in [0.717, 1.165) is 0 Å². The molecule has 0 aliphatic carbocycles. The highest BCUT2D eigenvalue weighted by Gasteiger charge is 2.15. The second kappa shape index (κ2) is 8.70. The van der Waals surface area contributed by atoms with Gasteiger partial charge in [-0.1, -0.05) is 23.2 Å². The summed E-state index contributed by atoms with van der Waals surface area (Å²) < 4.78 is 9.98. The Bertz CT molecular complexity index is 649. The van der Waals surface area contributed by atoms with Crippen LogP contribution in [0.15, 0.2) is 17.7 Å². The van der Waals surface area contributed by atoms with Crippen molar-refractivity contribution < 1.29 is 23.9 Å². The average Bonchev–Trinajstić information content (AvgIpc) is 2.47. The van der Waals surface area contributed by atoms with E-state index in [1.807, 2.05) is 0 Å². The molecule has 0 unspecified atom stereocenters. The monoisotopic (exact) mass is 358 g/mol. The first-order chi connectivity index (χ1) is 10.8. The van der Waals surface area contributed by atoms with Gasteiger partial charge < -0.3 is 9.47 Å². The lowest BCUT2D eigenvalue weighted by atomic mass is 10.0. The van der Waals surface area contributed by atoms with Gasteiger partial charge in [0.25, 0.3) is 0 Å². The summed E-state index contributed by atoms with van der Waals surface area (Å²) in [6.07, 6.45) is 1.37. The fraction of sp³-hybridized carbons (Fsp3) is 0.312. The molecule has 124 valence electrons. The second-order valence-electron chi connectivity index (χ2n) is 4.54. The number of ketones is 2. The summed E-state index contributed by atoms with van der Waals surface area (Å²) in [5, 5.41) is 0.198. The molecule has 0 fully saturated rings. The molecule has 0 aliphatic rings. The third kappa shape index (κ3) is 5.37. The van der Waals surface area contributed by atoms with Crippen LogP contribution in [-0.4, -0.2) is 30.7 Å². The van der Waals surface area contributed by atoms with Gasteiger partial charge in [-0.25, -0.2) is 4.79 Å². The maximum atomic E-state index is 11.5. The van der Waals surface area contributed by atoms with Gasteiger partial charge in [-0.3, -0.25) is 9.59 Å². The smallest absolute Gasteiger partial charge is 0.344 e. The van der Waals surface area contributed by atoms with E-state index in [4.69, 9.17) is 32.7 Å². The summed E-state index contributed by atoms with van der Waals surface area (Å²) in [5.74, 6) is -1.06. The van der Waals surface area contributed by atoms with Crippen molar-refractivity contribution in [2.45, 2.75) is 20.8 Å². The Morgan fingerprint density at radius 3 is 2.22 bits per heavy atom. The quantitative estimate of drug-likeness (QED) is 0.323. The molecule has 0 heterocycles. The Balaban J connectivity index is 3.06. The van der Waals surface area contributed by atoms with Gasteiger partial charge in [-0.2, -0.15) is 0 Å². The van der Waals surface area contributed by atoms with Gasteiger partial charge in [0.1, 0.15) is 10.8 Å². The zero-order valence-electron chi connectivity index (χ0n) is 12.9. The van der Waals surface area contributed by atoms with E-state index in [1.165, 1.54) is 26.0 Å². The number of esters is 1. The van der Waals surface area contributed by atoms with Crippen molar-refractivity contribution in [1.29, 1.82) is 0 Å². The topological polar surface area (TPSA) is 69.7 Å². The molecule has 5 nitrogen and oxygen atoms in total. The van der Waals surface area contributed by atoms with E-state index >= 15 is 0 Å². The molecular formula is C16H16Cl2O5. The summed E-state index contributed by atoms with van der Waals surface area (Å²) in [6, 6.07) is 3.04. The number of hydrogen-bond donors (Lipinski definition) is 0. The Hall–Kier alpha value is -1.85. The van der Waals surface area contributed by atoms with Crippen molar-refractivity contribution in [3.05, 3.63) is 33.3 Å². The lowest BCUT2D eigenvalue weighted by Crippen LogP contribution is -2.14. The van der Waals surface area contributed by atoms with Crippen molar-refractivity contribution in [2.75, 3.05) is 13.2 Å². The molecule has 0 saturated heterocycles. The molecule has 0 amide bonds. The number of carbonyl (C=O) groups is 3. The number of ether oxygens (including phenoxy) is 2. The predicted octanol–water partition coefficient (Wildman–Crippen LogP) is 3.50. The van der Waals surface area contributed by atoms with Crippen molar-refractivity contribution >= 4 is 46.8 Å². The molecule has 0 aliphatic heterocycles. The number of halogens is 2. The van der Waals surface area contributed by atoms with Gasteiger partial charge >= 0.3 is 5.97 Å². The van der Waals surface area contributed by atoms with Crippen LogP contribution in [0.4, 0.5) is 0 Å². The van der Waals surface area contributed by atoms with Crippen molar-refractivity contribution in [3.8, 4) is 5.75 Å². The molecule has 1 rings (SSSR count). The molecule has 7 heteroatoms. The SMILES string of the molecule is CCOC(=O)COc1ccc(C=C(C(C)=O)C(C)=O)c(Cl)c1Cl. The minimum absolute atomic E-state index is 0.0168. The van der Waals surface area contributed by atoms with Crippen LogP contribution in [0.1, 0.15) is 26.3 Å². The zero-order valence-corrected chi connectivity index (χ0v) is 14.5. The number of rotatable bonds is 7. The summed E-state index contributed by atoms with van der Waals surface area (Å²) in [7, 11) is 0. The van der Waals surface area contributed by atoms with E-state index in [1.54, 1.807) is 13.0 Å². The second-order valence-corrected chi connectivity index (χ2v) is 5.30. The Morgan fingerprint density at radius 1 is 1.09 bits per heavy atom. The van der Waals surface area contributed by atoms with Crippen molar-refractivity contribution in [2.24, 2.45) is 0 Å². The lowest BCUT2D eigenvalue weighted by Gasteiger charge is -2.10. The van der Waals surface area contributed by atoms with Gasteiger partial charge in [-0.15, -0.1) is 0 Å². The van der Waals surface area contributed by atoms with Gasteiger partial charge in [0, 0.05) is 0 Å². The minimum Gasteiger partial charge on any atom is -0.480 e. The molecule has 0 N–H and O–H groups in total. The zero-order chi connectivity index (χ0) is 17.6. The first kappa shape index (κ1) is 19.2. The Morgan fingerprint density at radius 2 is 1.70 bits per heavy atom. The van der Waals surface area contributed by atoms with Crippen LogP contribution in [0.25, 0.3) is 6.08 Å². The summed E-state index contributed by atoms with van der Waals surface area (Å²) in [5.41, 5.74) is 0.420. The normalized spacial score (nSPS) is 9.96. The van der Waals surface area contributed by atoms with Crippen LogP contribution < -0.4 is 4.74 Å². The number of hydrogen-bond acceptors (Lipinski definition) is 5. The molecule has 0 radical (unpaired) electrons. The Kier molecular flexibility index (Phi) is 7.26. The molecule has 1 aromatic carbocycles. The predicted molar refractivity (Wildman–Crippen MR) is 87.9 cm³/mol. The molecule has 0 aromatic heterocycles. The van der Waals surface area contributed by atoms with Gasteiger partial charge in [0.15, 0.2) is 18.2 Å². The van der Waals surface area contributed by atoms with E-state index < -0.39 is 5.97 Å². The highest BCUT2D eigenvalue weighted by molar-refractivity contribution is 6.44. The highest BCUT2D eigenvalue weighted by Crippen LogP contribution is 2.35. The fourth-order valence-corrected chi connectivity index (χ4v) is 2.15. The molecule has 0 atom stereocenters. The van der Waals surface area contributed by atoms with Crippen LogP contribution in [0, 0.1) is 0 Å². The summed E-state index contributed by atoms with van der Waals surface area (Å²) in [4.78, 5) is 34.2. The van der Waals surface area contributed by atoms with Crippen LogP contribution in [0.5, 0.6) is 5.75 Å². The molecule has 0 saturated carbocycles. The van der Waals surface area contributed by atoms with Crippen molar-refractivity contribution in [3.63, 3.8) is 0 Å². The van der Waals surface area contributed by atoms with Crippen LogP contribution in [0.3, 0.4) is 0 Å². The summed E-state index contributed by atoms with van der Waals surface area (Å²) >= 11 is 12.2. The van der Waals surface area contributed by atoms with Crippen LogP contribution in [-0.2, 0) is 19.1 Å². The number of Topliss-reactive ketones (excluding diaryl/α,β-unsaturated/α-hetero) is 2. The molecule has 23 heavy (non-hydrogen) atoms. The molecule has 1 aromatic rings. The Labute approximate surface area is 144 Å². The van der Waals surface area contributed by atoms with Gasteiger partial charge in [-0.05, 0) is 44.5 Å². The molecule has 0 bridgehead atoms. The maximum absolute atomic E-state index is 11.5. The van der Waals surface area contributed by atoms with Crippen LogP contribution >= 0.6 is 23.2 Å². The van der Waals surface area contributed by atoms with E-state index in [0.29, 0.717) is 5.56 Å². The van der Waals surface area contributed by atoms with E-state index in [9.17, 15) is 14.4 Å². The van der Waals surface area contributed by atoms with Gasteiger partial charge in [0.2, 0.25) is 0 Å². The first-order valence-electron chi connectivity index (χ1n) is 6.77. The largest absolute Gasteiger partial charge is 0.480 e.